The molecule has 0 aliphatic carbocycles. The van der Waals surface area contributed by atoms with E-state index in [2.05, 4.69) is 12.2 Å². The minimum atomic E-state index is -2.04. The number of hydrogen-bond acceptors (Lipinski definition) is 9. The lowest BCUT2D eigenvalue weighted by molar-refractivity contribution is -0.318. The predicted molar refractivity (Wildman–Crippen MR) is 125 cm³/mol. The highest BCUT2D eigenvalue weighted by Gasteiger charge is 2.50. The van der Waals surface area contributed by atoms with E-state index in [-0.39, 0.29) is 36.6 Å². The minimum absolute atomic E-state index is 0.0496. The number of alkyl halides is 3. The molecule has 2 rings (SSSR count). The fourth-order valence-electron chi connectivity index (χ4n) is 4.45. The quantitative estimate of drug-likeness (QED) is 0.222. The Morgan fingerprint density at radius 3 is 2.18 bits per heavy atom. The fourth-order valence-corrected chi connectivity index (χ4v) is 4.59. The van der Waals surface area contributed by atoms with Gasteiger partial charge in [0, 0.05) is 31.8 Å². The Kier molecular flexibility index (Phi) is 10.5. The second-order valence-electron chi connectivity index (χ2n) is 8.69. The van der Waals surface area contributed by atoms with Gasteiger partial charge in [0.25, 0.3) is 3.79 Å². The lowest BCUT2D eigenvalue weighted by Gasteiger charge is -2.49. The summed E-state index contributed by atoms with van der Waals surface area (Å²) in [7, 11) is 3.41. The monoisotopic (exact) mass is 532 g/mol. The Balaban J connectivity index is 2.27. The average Bonchev–Trinajstić information content (AvgIpc) is 2.72. The van der Waals surface area contributed by atoms with Crippen molar-refractivity contribution in [1.82, 2.24) is 5.32 Å². The molecule has 0 saturated carbocycles. The van der Waals surface area contributed by atoms with Crippen LogP contribution in [0.4, 0.5) is 0 Å². The van der Waals surface area contributed by atoms with Crippen molar-refractivity contribution in [2.75, 3.05) is 20.8 Å². The zero-order chi connectivity index (χ0) is 25.1. The summed E-state index contributed by atoms with van der Waals surface area (Å²) in [5.41, 5.74) is 0. The van der Waals surface area contributed by atoms with Gasteiger partial charge in [-0.05, 0) is 14.0 Å². The van der Waals surface area contributed by atoms with Crippen LogP contribution < -0.4 is 5.32 Å². The maximum Gasteiger partial charge on any atom is 0.302 e. The molecule has 2 N–H and O–H groups in total. The molecule has 0 aromatic rings. The lowest BCUT2D eigenvalue weighted by atomic mass is 9.85. The molecule has 2 aliphatic rings. The molecule has 5 unspecified atom stereocenters. The molecule has 0 aromatic carbocycles. The van der Waals surface area contributed by atoms with Crippen LogP contribution in [0, 0.1) is 23.2 Å². The second kappa shape index (κ2) is 12.0. The third-order valence-electron chi connectivity index (χ3n) is 6.45. The second-order valence-corrected chi connectivity index (χ2v) is 11.0. The summed E-state index contributed by atoms with van der Waals surface area (Å²) in [5.74, 6) is -1.12. The molecule has 2 heterocycles. The SMILES string of the molecule is CNC1C(OC(=N)C(Cl)(Cl)Cl)OC(COC(C)=O)[C@@H](O[C@@H]2OC(C)[C@@H](C)C(OC)[C@@H]2C)[C@@H]1C. The topological polar surface area (TPSA) is 108 Å². The number of esters is 1. The standard InChI is InChI=1S/C21H35Cl3N2O7/c1-9-12(4)30-18(11(3)16(9)28-7)32-17-10(2)15(26-6)19(33-20(25)21(22,23)24)31-14(17)8-29-13(5)27/h9-12,14-19,25-26H,8H2,1-7H3/t9-,10-,11+,12?,14?,15?,16?,17+,18+,19?/m1/s1. The molecular formula is C21H35Cl3N2O7. The first-order valence-corrected chi connectivity index (χ1v) is 12.1. The van der Waals surface area contributed by atoms with Gasteiger partial charge in [-0.2, -0.15) is 0 Å². The maximum absolute atomic E-state index is 11.5. The van der Waals surface area contributed by atoms with E-state index < -0.39 is 46.5 Å². The van der Waals surface area contributed by atoms with Crippen LogP contribution in [0.5, 0.6) is 0 Å². The predicted octanol–water partition coefficient (Wildman–Crippen LogP) is 3.28. The molecule has 0 radical (unpaired) electrons. The number of likely N-dealkylation sites (N-methyl/N-ethyl adjacent to an activating group) is 1. The molecule has 192 valence electrons. The highest BCUT2D eigenvalue weighted by atomic mass is 35.6. The van der Waals surface area contributed by atoms with Gasteiger partial charge in [-0.15, -0.1) is 0 Å². The molecule has 10 atom stereocenters. The Morgan fingerprint density at radius 1 is 1.03 bits per heavy atom. The summed E-state index contributed by atoms with van der Waals surface area (Å²) < 4.78 is 33.2. The molecule has 12 heteroatoms. The van der Waals surface area contributed by atoms with E-state index in [0.29, 0.717) is 0 Å². The molecule has 33 heavy (non-hydrogen) atoms. The highest BCUT2D eigenvalue weighted by molar-refractivity contribution is 6.76. The number of ether oxygens (including phenoxy) is 6. The van der Waals surface area contributed by atoms with Crippen LogP contribution in [0.25, 0.3) is 0 Å². The van der Waals surface area contributed by atoms with Crippen molar-refractivity contribution in [3.8, 4) is 0 Å². The molecule has 2 fully saturated rings. The highest BCUT2D eigenvalue weighted by Crippen LogP contribution is 2.37. The first-order chi connectivity index (χ1) is 15.3. The van der Waals surface area contributed by atoms with Crippen molar-refractivity contribution < 1.29 is 33.2 Å². The largest absolute Gasteiger partial charge is 0.463 e. The van der Waals surface area contributed by atoms with E-state index in [4.69, 9.17) is 68.6 Å². The molecule has 0 bridgehead atoms. The molecule has 2 aliphatic heterocycles. The summed E-state index contributed by atoms with van der Waals surface area (Å²) in [6.07, 6.45) is -2.92. The number of carbonyl (C=O) groups excluding carboxylic acids is 1. The van der Waals surface area contributed by atoms with E-state index in [0.717, 1.165) is 0 Å². The van der Waals surface area contributed by atoms with Crippen LogP contribution in [-0.4, -0.2) is 79.5 Å². The minimum Gasteiger partial charge on any atom is -0.463 e. The Bertz CT molecular complexity index is 681. The Labute approximate surface area is 210 Å². The van der Waals surface area contributed by atoms with Crippen LogP contribution in [0.15, 0.2) is 0 Å². The van der Waals surface area contributed by atoms with Crippen molar-refractivity contribution in [2.45, 2.75) is 81.4 Å². The zero-order valence-electron chi connectivity index (χ0n) is 20.0. The van der Waals surface area contributed by atoms with E-state index in [1.807, 2.05) is 20.8 Å². The smallest absolute Gasteiger partial charge is 0.302 e. The first kappa shape index (κ1) is 28.8. The van der Waals surface area contributed by atoms with Gasteiger partial charge in [0.1, 0.15) is 12.7 Å². The molecule has 9 nitrogen and oxygen atoms in total. The summed E-state index contributed by atoms with van der Waals surface area (Å²) in [4.78, 5) is 11.5. The lowest BCUT2D eigenvalue weighted by Crippen LogP contribution is -2.62. The molecular weight excluding hydrogens is 499 g/mol. The fraction of sp³-hybridized carbons (Fsp3) is 0.905. The summed E-state index contributed by atoms with van der Waals surface area (Å²) in [6.45, 7) is 9.25. The van der Waals surface area contributed by atoms with Gasteiger partial charge in [0.15, 0.2) is 6.29 Å². The number of carbonyl (C=O) groups is 1. The van der Waals surface area contributed by atoms with Gasteiger partial charge in [0.05, 0.1) is 24.4 Å². The van der Waals surface area contributed by atoms with Crippen molar-refractivity contribution in [3.63, 3.8) is 0 Å². The van der Waals surface area contributed by atoms with Gasteiger partial charge >= 0.3 is 5.97 Å². The maximum atomic E-state index is 11.5. The molecule has 0 amide bonds. The summed E-state index contributed by atoms with van der Waals surface area (Å²) >= 11 is 17.3. The number of methoxy groups -OCH3 is 1. The van der Waals surface area contributed by atoms with Crippen LogP contribution in [0.3, 0.4) is 0 Å². The van der Waals surface area contributed by atoms with Crippen LogP contribution >= 0.6 is 34.8 Å². The zero-order valence-corrected chi connectivity index (χ0v) is 22.2. The molecule has 0 spiro atoms. The first-order valence-electron chi connectivity index (χ1n) is 10.9. The number of halogens is 3. The van der Waals surface area contributed by atoms with Crippen molar-refractivity contribution in [1.29, 1.82) is 5.41 Å². The number of hydrogen-bond donors (Lipinski definition) is 2. The van der Waals surface area contributed by atoms with Gasteiger partial charge in [-0.25, -0.2) is 0 Å². The normalized spacial score (nSPS) is 39.7. The van der Waals surface area contributed by atoms with Crippen LogP contribution in [0.1, 0.15) is 34.6 Å². The van der Waals surface area contributed by atoms with E-state index >= 15 is 0 Å². The molecule has 0 aromatic heterocycles. The van der Waals surface area contributed by atoms with Gasteiger partial charge in [-0.1, -0.05) is 55.6 Å². The third kappa shape index (κ3) is 7.07. The summed E-state index contributed by atoms with van der Waals surface area (Å²) in [5, 5.41) is 11.1. The Morgan fingerprint density at radius 2 is 1.67 bits per heavy atom. The molecule has 2 saturated heterocycles. The average molecular weight is 534 g/mol. The van der Waals surface area contributed by atoms with E-state index in [9.17, 15) is 4.79 Å². The van der Waals surface area contributed by atoms with Gasteiger partial charge in [-0.3, -0.25) is 10.2 Å². The number of rotatable bonds is 7. The third-order valence-corrected chi connectivity index (χ3v) is 6.96. The number of nitrogens with one attached hydrogen (secondary N) is 2. The van der Waals surface area contributed by atoms with Crippen molar-refractivity contribution >= 4 is 46.7 Å². The van der Waals surface area contributed by atoms with Crippen LogP contribution in [0.2, 0.25) is 0 Å². The van der Waals surface area contributed by atoms with Gasteiger partial charge < -0.3 is 33.7 Å². The van der Waals surface area contributed by atoms with Crippen molar-refractivity contribution in [2.24, 2.45) is 17.8 Å². The van der Waals surface area contributed by atoms with Crippen molar-refractivity contribution in [3.05, 3.63) is 0 Å². The van der Waals surface area contributed by atoms with Crippen LogP contribution in [-0.2, 0) is 33.2 Å². The van der Waals surface area contributed by atoms with E-state index in [1.165, 1.54) is 6.92 Å². The van der Waals surface area contributed by atoms with Gasteiger partial charge in [0.2, 0.25) is 12.2 Å². The van der Waals surface area contributed by atoms with E-state index in [1.54, 1.807) is 14.2 Å². The Hall–Kier alpha value is -0.390. The summed E-state index contributed by atoms with van der Waals surface area (Å²) in [6, 6.07) is -0.426.